The van der Waals surface area contributed by atoms with E-state index in [1.807, 2.05) is 25.1 Å². The topological polar surface area (TPSA) is 42.2 Å². The zero-order valence-corrected chi connectivity index (χ0v) is 10.1. The number of halogens is 1. The zero-order valence-electron chi connectivity index (χ0n) is 9.37. The molecule has 2 rings (SSSR count). The van der Waals surface area contributed by atoms with Crippen LogP contribution in [0, 0.1) is 0 Å². The Kier molecular flexibility index (Phi) is 3.49. The fraction of sp³-hybridized carbons (Fsp3) is 0.154. The molecule has 0 spiro atoms. The molecule has 2 aromatic rings. The van der Waals surface area contributed by atoms with Gasteiger partial charge in [-0.25, -0.2) is 0 Å². The normalized spacial score (nSPS) is 10.2. The van der Waals surface area contributed by atoms with Crippen LogP contribution in [0.2, 0.25) is 5.02 Å². The van der Waals surface area contributed by atoms with Crippen LogP contribution in [-0.4, -0.2) is 12.5 Å². The first kappa shape index (κ1) is 11.7. The third-order valence-corrected chi connectivity index (χ3v) is 2.64. The minimum Gasteiger partial charge on any atom is -0.451 e. The van der Waals surface area contributed by atoms with Crippen molar-refractivity contribution in [2.75, 3.05) is 6.54 Å². The quantitative estimate of drug-likeness (QED) is 0.906. The van der Waals surface area contributed by atoms with Gasteiger partial charge in [0.15, 0.2) is 5.76 Å². The van der Waals surface area contributed by atoms with Gasteiger partial charge in [-0.3, -0.25) is 4.79 Å². The fourth-order valence-electron chi connectivity index (χ4n) is 1.51. The van der Waals surface area contributed by atoms with Crippen molar-refractivity contribution in [3.8, 4) is 11.3 Å². The van der Waals surface area contributed by atoms with Crippen molar-refractivity contribution in [1.29, 1.82) is 0 Å². The summed E-state index contributed by atoms with van der Waals surface area (Å²) >= 11 is 6.05. The number of benzene rings is 1. The monoisotopic (exact) mass is 249 g/mol. The van der Waals surface area contributed by atoms with Crippen LogP contribution >= 0.6 is 11.6 Å². The summed E-state index contributed by atoms with van der Waals surface area (Å²) in [6.45, 7) is 2.43. The molecule has 1 aromatic carbocycles. The fourth-order valence-corrected chi connectivity index (χ4v) is 1.74. The molecule has 4 heteroatoms. The highest BCUT2D eigenvalue weighted by Crippen LogP contribution is 2.28. The maximum atomic E-state index is 11.5. The van der Waals surface area contributed by atoms with Gasteiger partial charge < -0.3 is 9.73 Å². The van der Waals surface area contributed by atoms with E-state index in [0.717, 1.165) is 5.56 Å². The Labute approximate surface area is 104 Å². The SMILES string of the molecule is CCNC(=O)c1ccc(-c2ccccc2Cl)o1. The minimum atomic E-state index is -0.217. The third-order valence-electron chi connectivity index (χ3n) is 2.31. The lowest BCUT2D eigenvalue weighted by atomic mass is 10.2. The predicted molar refractivity (Wildman–Crippen MR) is 67.2 cm³/mol. The molecule has 1 amide bonds. The summed E-state index contributed by atoms with van der Waals surface area (Å²) in [6, 6.07) is 10.7. The first-order valence-electron chi connectivity index (χ1n) is 5.35. The molecule has 88 valence electrons. The maximum absolute atomic E-state index is 11.5. The number of carbonyl (C=O) groups is 1. The summed E-state index contributed by atoms with van der Waals surface area (Å²) in [5.74, 6) is 0.671. The van der Waals surface area contributed by atoms with E-state index < -0.39 is 0 Å². The van der Waals surface area contributed by atoms with E-state index in [2.05, 4.69) is 5.32 Å². The average Bonchev–Trinajstić information content (AvgIpc) is 2.79. The molecular weight excluding hydrogens is 238 g/mol. The van der Waals surface area contributed by atoms with Gasteiger partial charge in [0, 0.05) is 12.1 Å². The smallest absolute Gasteiger partial charge is 0.287 e. The lowest BCUT2D eigenvalue weighted by molar-refractivity contribution is 0.0929. The van der Waals surface area contributed by atoms with Gasteiger partial charge in [-0.15, -0.1) is 0 Å². The molecule has 0 aliphatic heterocycles. The largest absolute Gasteiger partial charge is 0.451 e. The molecule has 0 atom stereocenters. The van der Waals surface area contributed by atoms with Gasteiger partial charge in [0.1, 0.15) is 5.76 Å². The number of hydrogen-bond donors (Lipinski definition) is 1. The highest BCUT2D eigenvalue weighted by atomic mass is 35.5. The van der Waals surface area contributed by atoms with Crippen molar-refractivity contribution in [2.24, 2.45) is 0 Å². The lowest BCUT2D eigenvalue weighted by Crippen LogP contribution is -2.21. The number of rotatable bonds is 3. The van der Waals surface area contributed by atoms with Crippen molar-refractivity contribution < 1.29 is 9.21 Å². The van der Waals surface area contributed by atoms with Crippen LogP contribution in [0.3, 0.4) is 0 Å². The van der Waals surface area contributed by atoms with E-state index in [1.165, 1.54) is 0 Å². The van der Waals surface area contributed by atoms with Crippen molar-refractivity contribution in [3.63, 3.8) is 0 Å². The van der Waals surface area contributed by atoms with E-state index in [4.69, 9.17) is 16.0 Å². The van der Waals surface area contributed by atoms with Gasteiger partial charge in [-0.05, 0) is 31.2 Å². The summed E-state index contributed by atoms with van der Waals surface area (Å²) in [7, 11) is 0. The molecule has 0 unspecified atom stereocenters. The number of furan rings is 1. The summed E-state index contributed by atoms with van der Waals surface area (Å²) in [6.07, 6.45) is 0. The molecule has 1 heterocycles. The van der Waals surface area contributed by atoms with Gasteiger partial charge in [-0.1, -0.05) is 23.7 Å². The summed E-state index contributed by atoms with van der Waals surface area (Å²) < 4.78 is 5.47. The van der Waals surface area contributed by atoms with Crippen LogP contribution in [0.4, 0.5) is 0 Å². The molecule has 3 nitrogen and oxygen atoms in total. The predicted octanol–water partition coefficient (Wildman–Crippen LogP) is 3.35. The molecule has 0 saturated carbocycles. The Bertz CT molecular complexity index is 534. The molecule has 0 saturated heterocycles. The third kappa shape index (κ3) is 2.50. The van der Waals surface area contributed by atoms with Gasteiger partial charge in [0.2, 0.25) is 0 Å². The van der Waals surface area contributed by atoms with E-state index in [1.54, 1.807) is 18.2 Å². The Morgan fingerprint density at radius 3 is 2.76 bits per heavy atom. The van der Waals surface area contributed by atoms with E-state index in [0.29, 0.717) is 23.1 Å². The second-order valence-corrected chi connectivity index (χ2v) is 3.91. The molecule has 1 N–H and O–H groups in total. The summed E-state index contributed by atoms with van der Waals surface area (Å²) in [5, 5.41) is 3.28. The zero-order chi connectivity index (χ0) is 12.3. The second-order valence-electron chi connectivity index (χ2n) is 3.50. The highest BCUT2D eigenvalue weighted by molar-refractivity contribution is 6.33. The second kappa shape index (κ2) is 5.06. The standard InChI is InChI=1S/C13H12ClNO2/c1-2-15-13(16)12-8-7-11(17-12)9-5-3-4-6-10(9)14/h3-8H,2H2,1H3,(H,15,16). The molecule has 0 aliphatic carbocycles. The average molecular weight is 250 g/mol. The van der Waals surface area contributed by atoms with E-state index in [9.17, 15) is 4.79 Å². The molecule has 17 heavy (non-hydrogen) atoms. The van der Waals surface area contributed by atoms with Crippen LogP contribution in [0.15, 0.2) is 40.8 Å². The first-order valence-corrected chi connectivity index (χ1v) is 5.73. The van der Waals surface area contributed by atoms with Gasteiger partial charge in [0.25, 0.3) is 5.91 Å². The van der Waals surface area contributed by atoms with Crippen LogP contribution < -0.4 is 5.32 Å². The Morgan fingerprint density at radius 1 is 1.29 bits per heavy atom. The van der Waals surface area contributed by atoms with Gasteiger partial charge in [0.05, 0.1) is 5.02 Å². The van der Waals surface area contributed by atoms with Crippen molar-refractivity contribution in [3.05, 3.63) is 47.2 Å². The van der Waals surface area contributed by atoms with Gasteiger partial charge >= 0.3 is 0 Å². The molecule has 0 fully saturated rings. The van der Waals surface area contributed by atoms with Crippen LogP contribution in [0.1, 0.15) is 17.5 Å². The van der Waals surface area contributed by atoms with Crippen LogP contribution in [0.25, 0.3) is 11.3 Å². The maximum Gasteiger partial charge on any atom is 0.287 e. The molecule has 0 bridgehead atoms. The molecule has 0 aliphatic rings. The minimum absolute atomic E-state index is 0.217. The van der Waals surface area contributed by atoms with Crippen molar-refractivity contribution in [2.45, 2.75) is 6.92 Å². The Morgan fingerprint density at radius 2 is 2.06 bits per heavy atom. The molecule has 0 radical (unpaired) electrons. The van der Waals surface area contributed by atoms with Crippen molar-refractivity contribution >= 4 is 17.5 Å². The van der Waals surface area contributed by atoms with Crippen LogP contribution in [0.5, 0.6) is 0 Å². The first-order chi connectivity index (χ1) is 8.22. The van der Waals surface area contributed by atoms with Crippen LogP contribution in [-0.2, 0) is 0 Å². The summed E-state index contributed by atoms with van der Waals surface area (Å²) in [4.78, 5) is 11.5. The number of hydrogen-bond acceptors (Lipinski definition) is 2. The number of nitrogens with one attached hydrogen (secondary N) is 1. The highest BCUT2D eigenvalue weighted by Gasteiger charge is 2.12. The van der Waals surface area contributed by atoms with Crippen molar-refractivity contribution in [1.82, 2.24) is 5.32 Å². The Balaban J connectivity index is 2.30. The van der Waals surface area contributed by atoms with Gasteiger partial charge in [-0.2, -0.15) is 0 Å². The molecular formula is C13H12ClNO2. The Hall–Kier alpha value is -1.74. The van der Waals surface area contributed by atoms with E-state index >= 15 is 0 Å². The molecule has 1 aromatic heterocycles. The summed E-state index contributed by atoms with van der Waals surface area (Å²) in [5.41, 5.74) is 0.782. The number of carbonyl (C=O) groups excluding carboxylic acids is 1. The van der Waals surface area contributed by atoms with E-state index in [-0.39, 0.29) is 5.91 Å². The number of amides is 1. The lowest BCUT2D eigenvalue weighted by Gasteiger charge is -2.00.